The zero-order chi connectivity index (χ0) is 18.5. The van der Waals surface area contributed by atoms with Gasteiger partial charge in [0.1, 0.15) is 18.4 Å². The zero-order valence-electron chi connectivity index (χ0n) is 14.9. The Bertz CT molecular complexity index is 765. The summed E-state index contributed by atoms with van der Waals surface area (Å²) in [5.74, 6) is 0.641. The number of nitrogens with one attached hydrogen (secondary N) is 1. The number of nitrogens with zero attached hydrogens (tertiary/aromatic N) is 3. The number of rotatable bonds is 7. The Labute approximate surface area is 157 Å². The molecule has 1 atom stereocenters. The Morgan fingerprint density at radius 1 is 1.38 bits per heavy atom. The van der Waals surface area contributed by atoms with Crippen LogP contribution >= 0.6 is 11.6 Å². The lowest BCUT2D eigenvalue weighted by atomic mass is 10.0. The topological polar surface area (TPSA) is 68.6 Å². The number of halogens is 1. The number of carbonyl (C=O) groups is 1. The Morgan fingerprint density at radius 2 is 2.23 bits per heavy atom. The Balaban J connectivity index is 1.66. The number of amides is 1. The van der Waals surface area contributed by atoms with Gasteiger partial charge in [-0.25, -0.2) is 0 Å². The van der Waals surface area contributed by atoms with Crippen LogP contribution in [0.25, 0.3) is 0 Å². The molecule has 3 rings (SSSR count). The molecule has 2 aromatic rings. The lowest BCUT2D eigenvalue weighted by molar-refractivity contribution is -0.120. The predicted octanol–water partition coefficient (Wildman–Crippen LogP) is 2.71. The molecule has 0 aliphatic carbocycles. The van der Waals surface area contributed by atoms with E-state index >= 15 is 0 Å². The summed E-state index contributed by atoms with van der Waals surface area (Å²) in [6.45, 7) is 1.64. The molecule has 8 heteroatoms. The van der Waals surface area contributed by atoms with Crippen LogP contribution in [0.3, 0.4) is 0 Å². The third kappa shape index (κ3) is 4.28. The van der Waals surface area contributed by atoms with Gasteiger partial charge < -0.3 is 19.7 Å². The number of benzene rings is 1. The van der Waals surface area contributed by atoms with Crippen LogP contribution in [0.1, 0.15) is 12.8 Å². The Kier molecular flexibility index (Phi) is 6.00. The fourth-order valence-electron chi connectivity index (χ4n) is 2.96. The van der Waals surface area contributed by atoms with Crippen molar-refractivity contribution < 1.29 is 14.3 Å². The van der Waals surface area contributed by atoms with Gasteiger partial charge in [-0.3, -0.25) is 9.48 Å². The highest BCUT2D eigenvalue weighted by molar-refractivity contribution is 6.32. The van der Waals surface area contributed by atoms with Crippen molar-refractivity contribution in [1.29, 1.82) is 0 Å². The van der Waals surface area contributed by atoms with Crippen LogP contribution in [-0.4, -0.2) is 48.6 Å². The maximum Gasteiger partial charge on any atom is 0.249 e. The van der Waals surface area contributed by atoms with Gasteiger partial charge in [-0.2, -0.15) is 5.10 Å². The predicted molar refractivity (Wildman–Crippen MR) is 101 cm³/mol. The van der Waals surface area contributed by atoms with Gasteiger partial charge in [-0.05, 0) is 31.0 Å². The van der Waals surface area contributed by atoms with Gasteiger partial charge in [0.05, 0.1) is 23.5 Å². The van der Waals surface area contributed by atoms with Crippen molar-refractivity contribution in [2.75, 3.05) is 37.1 Å². The fourth-order valence-corrected chi connectivity index (χ4v) is 3.19. The van der Waals surface area contributed by atoms with Crippen LogP contribution in [-0.2, 0) is 16.6 Å². The van der Waals surface area contributed by atoms with Crippen molar-refractivity contribution in [2.45, 2.75) is 18.9 Å². The Hall–Kier alpha value is -2.25. The van der Waals surface area contributed by atoms with E-state index in [1.807, 2.05) is 19.3 Å². The molecule has 1 fully saturated rings. The normalized spacial score (nSPS) is 17.4. The maximum absolute atomic E-state index is 12.8. The van der Waals surface area contributed by atoms with Gasteiger partial charge >= 0.3 is 0 Å². The third-order valence-electron chi connectivity index (χ3n) is 4.26. The fraction of sp³-hybridized carbons (Fsp3) is 0.444. The molecular formula is C18H23ClN4O3. The average molecular weight is 379 g/mol. The van der Waals surface area contributed by atoms with Gasteiger partial charge in [0, 0.05) is 32.6 Å². The number of hydrogen-bond donors (Lipinski definition) is 1. The lowest BCUT2D eigenvalue weighted by Crippen LogP contribution is -2.47. The van der Waals surface area contributed by atoms with E-state index in [1.54, 1.807) is 35.0 Å². The van der Waals surface area contributed by atoms with Gasteiger partial charge in [0.15, 0.2) is 0 Å². The second-order valence-corrected chi connectivity index (χ2v) is 6.59. The number of carbonyl (C=O) groups excluding carboxylic acids is 1. The van der Waals surface area contributed by atoms with Crippen LogP contribution in [0.4, 0.5) is 11.4 Å². The molecule has 0 bridgehead atoms. The monoisotopic (exact) mass is 378 g/mol. The van der Waals surface area contributed by atoms with Crippen LogP contribution in [0.2, 0.25) is 5.02 Å². The second kappa shape index (κ2) is 8.42. The van der Waals surface area contributed by atoms with E-state index in [9.17, 15) is 4.79 Å². The summed E-state index contributed by atoms with van der Waals surface area (Å²) >= 11 is 6.28. The lowest BCUT2D eigenvalue weighted by Gasteiger charge is -2.32. The molecule has 2 heterocycles. The van der Waals surface area contributed by atoms with Gasteiger partial charge in [-0.15, -0.1) is 0 Å². The third-order valence-corrected chi connectivity index (χ3v) is 4.55. The van der Waals surface area contributed by atoms with Crippen molar-refractivity contribution in [2.24, 2.45) is 7.05 Å². The number of methoxy groups -OCH3 is 1. The first kappa shape index (κ1) is 18.5. The molecule has 0 saturated carbocycles. The molecule has 1 N–H and O–H groups in total. The van der Waals surface area contributed by atoms with Crippen LogP contribution in [0.5, 0.6) is 5.75 Å². The summed E-state index contributed by atoms with van der Waals surface area (Å²) in [4.78, 5) is 14.6. The molecule has 1 saturated heterocycles. The number of hydrogen-bond acceptors (Lipinski definition) is 5. The summed E-state index contributed by atoms with van der Waals surface area (Å²) in [6.07, 6.45) is 5.26. The molecule has 0 radical (unpaired) electrons. The number of aromatic nitrogens is 2. The Morgan fingerprint density at radius 3 is 2.92 bits per heavy atom. The highest BCUT2D eigenvalue weighted by atomic mass is 35.5. The largest absolute Gasteiger partial charge is 0.490 e. The van der Waals surface area contributed by atoms with E-state index in [-0.39, 0.29) is 11.9 Å². The van der Waals surface area contributed by atoms with E-state index in [2.05, 4.69) is 10.4 Å². The standard InChI is InChI=1S/C18H23ClN4O3/c1-22-12-14(11-20-22)23-7-3-4-16(18(23)24)21-13-5-6-17(15(19)10-13)26-9-8-25-2/h5-6,10-12,16,21H,3-4,7-9H2,1-2H3. The molecule has 1 aromatic carbocycles. The number of aryl methyl sites for hydroxylation is 1. The zero-order valence-corrected chi connectivity index (χ0v) is 15.7. The van der Waals surface area contributed by atoms with Crippen molar-refractivity contribution in [3.05, 3.63) is 35.6 Å². The second-order valence-electron chi connectivity index (χ2n) is 6.19. The minimum absolute atomic E-state index is 0.0424. The quantitative estimate of drug-likeness (QED) is 0.750. The number of anilines is 2. The summed E-state index contributed by atoms with van der Waals surface area (Å²) in [5.41, 5.74) is 1.62. The molecule has 0 spiro atoms. The summed E-state index contributed by atoms with van der Waals surface area (Å²) in [7, 11) is 3.46. The minimum atomic E-state index is -0.291. The van der Waals surface area contributed by atoms with Crippen molar-refractivity contribution >= 4 is 28.9 Å². The molecule has 1 aromatic heterocycles. The number of ether oxygens (including phenoxy) is 2. The molecule has 26 heavy (non-hydrogen) atoms. The molecule has 140 valence electrons. The maximum atomic E-state index is 12.8. The minimum Gasteiger partial charge on any atom is -0.490 e. The number of piperidine rings is 1. The van der Waals surface area contributed by atoms with E-state index in [0.29, 0.717) is 30.5 Å². The first-order chi connectivity index (χ1) is 12.6. The van der Waals surface area contributed by atoms with E-state index < -0.39 is 0 Å². The van der Waals surface area contributed by atoms with Crippen LogP contribution in [0, 0.1) is 0 Å². The van der Waals surface area contributed by atoms with Crippen molar-refractivity contribution in [3.8, 4) is 5.75 Å². The van der Waals surface area contributed by atoms with Gasteiger partial charge in [0.25, 0.3) is 0 Å². The van der Waals surface area contributed by atoms with Crippen LogP contribution in [0.15, 0.2) is 30.6 Å². The first-order valence-electron chi connectivity index (χ1n) is 8.56. The average Bonchev–Trinajstić information content (AvgIpc) is 3.05. The smallest absolute Gasteiger partial charge is 0.249 e. The highest BCUT2D eigenvalue weighted by Crippen LogP contribution is 2.29. The van der Waals surface area contributed by atoms with Gasteiger partial charge in [0.2, 0.25) is 5.91 Å². The summed E-state index contributed by atoms with van der Waals surface area (Å²) in [6, 6.07) is 5.15. The van der Waals surface area contributed by atoms with E-state index in [0.717, 1.165) is 24.2 Å². The molecular weight excluding hydrogens is 356 g/mol. The van der Waals surface area contributed by atoms with Crippen molar-refractivity contribution in [3.63, 3.8) is 0 Å². The SMILES string of the molecule is COCCOc1ccc(NC2CCCN(c3cnn(C)c3)C2=O)cc1Cl. The van der Waals surface area contributed by atoms with E-state index in [1.165, 1.54) is 0 Å². The molecule has 7 nitrogen and oxygen atoms in total. The highest BCUT2D eigenvalue weighted by Gasteiger charge is 2.30. The molecule has 1 aliphatic heterocycles. The van der Waals surface area contributed by atoms with E-state index in [4.69, 9.17) is 21.1 Å². The summed E-state index contributed by atoms with van der Waals surface area (Å²) in [5, 5.41) is 7.94. The van der Waals surface area contributed by atoms with Crippen molar-refractivity contribution in [1.82, 2.24) is 9.78 Å². The molecule has 1 aliphatic rings. The molecule has 1 amide bonds. The summed E-state index contributed by atoms with van der Waals surface area (Å²) < 4.78 is 12.2. The van der Waals surface area contributed by atoms with Gasteiger partial charge in [-0.1, -0.05) is 11.6 Å². The first-order valence-corrected chi connectivity index (χ1v) is 8.94. The molecule has 1 unspecified atom stereocenters. The van der Waals surface area contributed by atoms with Crippen LogP contribution < -0.4 is 15.0 Å².